The maximum Gasteiger partial charge on any atom is 0.237 e. The van der Waals surface area contributed by atoms with E-state index in [0.29, 0.717) is 12.8 Å². The van der Waals surface area contributed by atoms with Crippen molar-refractivity contribution in [3.8, 4) is 0 Å². The van der Waals surface area contributed by atoms with Crippen molar-refractivity contribution in [3.63, 3.8) is 0 Å². The Labute approximate surface area is 186 Å². The largest absolute Gasteiger partial charge is 0.322 e. The lowest BCUT2D eigenvalue weighted by Crippen LogP contribution is -2.59. The lowest BCUT2D eigenvalue weighted by molar-refractivity contribution is -0.928. The number of benzene rings is 2. The molecule has 152 valence electrons. The summed E-state index contributed by atoms with van der Waals surface area (Å²) in [7, 11) is 2.33. The van der Waals surface area contributed by atoms with E-state index in [-0.39, 0.29) is 17.7 Å². The SMILES string of the molecule is C[N+]1(Cc2ccc(I)cc2)CCC(C2(c3ccccc3)CCC(=O)NC2=O)CC1. The van der Waals surface area contributed by atoms with Gasteiger partial charge >= 0.3 is 0 Å². The number of carbonyl (C=O) groups excluding carboxylic acids is 2. The van der Waals surface area contributed by atoms with Gasteiger partial charge in [-0.15, -0.1) is 0 Å². The van der Waals surface area contributed by atoms with Crippen LogP contribution in [0.15, 0.2) is 54.6 Å². The summed E-state index contributed by atoms with van der Waals surface area (Å²) in [5.74, 6) is 0.0244. The first-order valence-corrected chi connectivity index (χ1v) is 11.5. The number of hydrogen-bond donors (Lipinski definition) is 1. The average molecular weight is 503 g/mol. The monoisotopic (exact) mass is 503 g/mol. The summed E-state index contributed by atoms with van der Waals surface area (Å²) in [6.07, 6.45) is 3.04. The van der Waals surface area contributed by atoms with Gasteiger partial charge in [0.25, 0.3) is 0 Å². The molecular formula is C24H28IN2O2+. The van der Waals surface area contributed by atoms with Crippen LogP contribution in [0.25, 0.3) is 0 Å². The van der Waals surface area contributed by atoms with Crippen LogP contribution in [0.3, 0.4) is 0 Å². The number of piperidine rings is 2. The number of quaternary nitrogens is 1. The molecule has 0 saturated carbocycles. The smallest absolute Gasteiger partial charge is 0.237 e. The minimum atomic E-state index is -0.580. The number of imide groups is 1. The summed E-state index contributed by atoms with van der Waals surface area (Å²) in [4.78, 5) is 25.0. The van der Waals surface area contributed by atoms with Crippen molar-refractivity contribution in [1.29, 1.82) is 0 Å². The molecule has 4 rings (SSSR count). The molecule has 1 unspecified atom stereocenters. The molecule has 2 saturated heterocycles. The predicted molar refractivity (Wildman–Crippen MR) is 122 cm³/mol. The van der Waals surface area contributed by atoms with Gasteiger partial charge in [0, 0.05) is 28.4 Å². The van der Waals surface area contributed by atoms with Crippen molar-refractivity contribution < 1.29 is 14.1 Å². The summed E-state index contributed by atoms with van der Waals surface area (Å²) in [5, 5.41) is 2.65. The number of amides is 2. The lowest BCUT2D eigenvalue weighted by Gasteiger charge is -2.48. The van der Waals surface area contributed by atoms with Gasteiger partial charge in [0.2, 0.25) is 11.8 Å². The fraction of sp³-hybridized carbons (Fsp3) is 0.417. The van der Waals surface area contributed by atoms with Gasteiger partial charge in [0.15, 0.2) is 0 Å². The summed E-state index contributed by atoms with van der Waals surface area (Å²) >= 11 is 2.34. The van der Waals surface area contributed by atoms with Crippen LogP contribution in [0.4, 0.5) is 0 Å². The molecular weight excluding hydrogens is 475 g/mol. The highest BCUT2D eigenvalue weighted by Gasteiger charge is 2.51. The number of rotatable bonds is 4. The second kappa shape index (κ2) is 8.19. The van der Waals surface area contributed by atoms with Gasteiger partial charge in [-0.3, -0.25) is 14.9 Å². The summed E-state index contributed by atoms with van der Waals surface area (Å²) < 4.78 is 2.26. The van der Waals surface area contributed by atoms with E-state index in [2.05, 4.69) is 71.4 Å². The number of halogens is 1. The molecule has 2 aliphatic rings. The standard InChI is InChI=1S/C24H27IN2O2/c1-27(17-18-7-9-21(25)10-8-18)15-12-20(13-16-27)24(19-5-3-2-4-6-19)14-11-22(28)26-23(24)29/h2-10,20H,11-17H2,1H3/p+1. The number of hydrogen-bond acceptors (Lipinski definition) is 2. The van der Waals surface area contributed by atoms with Gasteiger partial charge in [-0.25, -0.2) is 0 Å². The average Bonchev–Trinajstić information content (AvgIpc) is 2.72. The Bertz CT molecular complexity index is 889. The van der Waals surface area contributed by atoms with Crippen molar-refractivity contribution in [2.75, 3.05) is 20.1 Å². The Morgan fingerprint density at radius 2 is 1.69 bits per heavy atom. The molecule has 2 amide bonds. The Morgan fingerprint density at radius 3 is 2.31 bits per heavy atom. The van der Waals surface area contributed by atoms with Crippen LogP contribution in [-0.4, -0.2) is 36.4 Å². The molecule has 0 bridgehead atoms. The van der Waals surface area contributed by atoms with Gasteiger partial charge in [-0.2, -0.15) is 0 Å². The molecule has 2 fully saturated rings. The number of likely N-dealkylation sites (tertiary alicyclic amines) is 1. The van der Waals surface area contributed by atoms with E-state index >= 15 is 0 Å². The van der Waals surface area contributed by atoms with Crippen molar-refractivity contribution >= 4 is 34.4 Å². The molecule has 4 nitrogen and oxygen atoms in total. The van der Waals surface area contributed by atoms with Crippen molar-refractivity contribution in [2.45, 2.75) is 37.6 Å². The first-order chi connectivity index (χ1) is 13.9. The zero-order chi connectivity index (χ0) is 20.5. The maximum atomic E-state index is 13.2. The minimum absolute atomic E-state index is 0.0984. The van der Waals surface area contributed by atoms with Gasteiger partial charge in [-0.1, -0.05) is 42.5 Å². The van der Waals surface area contributed by atoms with Gasteiger partial charge < -0.3 is 4.48 Å². The normalized spacial score (nSPS) is 30.1. The highest BCUT2D eigenvalue weighted by atomic mass is 127. The maximum absolute atomic E-state index is 13.2. The fourth-order valence-electron chi connectivity index (χ4n) is 5.23. The molecule has 0 spiro atoms. The van der Waals surface area contributed by atoms with Crippen LogP contribution in [0.5, 0.6) is 0 Å². The summed E-state index contributed by atoms with van der Waals surface area (Å²) in [6.45, 7) is 3.12. The molecule has 0 radical (unpaired) electrons. The van der Waals surface area contributed by atoms with Crippen LogP contribution in [0.2, 0.25) is 0 Å². The molecule has 5 heteroatoms. The van der Waals surface area contributed by atoms with Gasteiger partial charge in [-0.05, 0) is 52.6 Å². The molecule has 0 aromatic heterocycles. The third-order valence-electron chi connectivity index (χ3n) is 6.90. The van der Waals surface area contributed by atoms with E-state index in [1.165, 1.54) is 9.13 Å². The zero-order valence-electron chi connectivity index (χ0n) is 16.9. The van der Waals surface area contributed by atoms with Crippen molar-refractivity contribution in [3.05, 3.63) is 69.3 Å². The summed E-state index contributed by atoms with van der Waals surface area (Å²) in [5.41, 5.74) is 1.84. The van der Waals surface area contributed by atoms with E-state index in [4.69, 9.17) is 0 Å². The van der Waals surface area contributed by atoms with E-state index in [0.717, 1.165) is 42.5 Å². The summed E-state index contributed by atoms with van der Waals surface area (Å²) in [6, 6.07) is 18.9. The second-order valence-corrected chi connectivity index (χ2v) is 10.1. The van der Waals surface area contributed by atoms with Gasteiger partial charge in [0.05, 0.1) is 25.6 Å². The van der Waals surface area contributed by atoms with Crippen LogP contribution in [0.1, 0.15) is 36.8 Å². The highest BCUT2D eigenvalue weighted by molar-refractivity contribution is 14.1. The molecule has 2 aromatic rings. The van der Waals surface area contributed by atoms with Gasteiger partial charge in [0.1, 0.15) is 6.54 Å². The molecule has 2 aliphatic heterocycles. The topological polar surface area (TPSA) is 46.2 Å². The predicted octanol–water partition coefficient (Wildman–Crippen LogP) is 4.02. The van der Waals surface area contributed by atoms with Crippen molar-refractivity contribution in [2.24, 2.45) is 5.92 Å². The van der Waals surface area contributed by atoms with Crippen LogP contribution in [0, 0.1) is 9.49 Å². The molecule has 2 heterocycles. The first-order valence-electron chi connectivity index (χ1n) is 10.4. The molecule has 2 aromatic carbocycles. The Hall–Kier alpha value is -1.73. The minimum Gasteiger partial charge on any atom is -0.322 e. The van der Waals surface area contributed by atoms with Crippen LogP contribution >= 0.6 is 22.6 Å². The molecule has 0 aliphatic carbocycles. The van der Waals surface area contributed by atoms with Crippen LogP contribution in [-0.2, 0) is 21.5 Å². The molecule has 1 atom stereocenters. The third-order valence-corrected chi connectivity index (χ3v) is 7.62. The fourth-order valence-corrected chi connectivity index (χ4v) is 5.59. The quantitative estimate of drug-likeness (QED) is 0.389. The van der Waals surface area contributed by atoms with E-state index in [9.17, 15) is 9.59 Å². The van der Waals surface area contributed by atoms with Crippen LogP contribution < -0.4 is 5.32 Å². The Morgan fingerprint density at radius 1 is 1.03 bits per heavy atom. The van der Waals surface area contributed by atoms with E-state index in [1.54, 1.807) is 0 Å². The Balaban J connectivity index is 1.55. The molecule has 29 heavy (non-hydrogen) atoms. The second-order valence-electron chi connectivity index (χ2n) is 8.84. The highest BCUT2D eigenvalue weighted by Crippen LogP contribution is 2.45. The molecule has 1 N–H and O–H groups in total. The van der Waals surface area contributed by atoms with E-state index in [1.807, 2.05) is 18.2 Å². The van der Waals surface area contributed by atoms with E-state index < -0.39 is 5.41 Å². The number of nitrogens with one attached hydrogen (secondary N) is 1. The number of nitrogens with zero attached hydrogens (tertiary/aromatic N) is 1. The zero-order valence-corrected chi connectivity index (χ0v) is 19.0. The number of carbonyl (C=O) groups is 2. The van der Waals surface area contributed by atoms with Crippen molar-refractivity contribution in [1.82, 2.24) is 5.32 Å². The first kappa shape index (κ1) is 20.5. The Kier molecular flexibility index (Phi) is 5.80. The lowest BCUT2D eigenvalue weighted by atomic mass is 9.62. The third kappa shape index (κ3) is 4.12.